The summed E-state index contributed by atoms with van der Waals surface area (Å²) in [5, 5.41) is 3.36. The van der Waals surface area contributed by atoms with Crippen molar-refractivity contribution in [2.24, 2.45) is 0 Å². The molecule has 0 aromatic heterocycles. The lowest BCUT2D eigenvalue weighted by Crippen LogP contribution is -2.55. The zero-order chi connectivity index (χ0) is 17.8. The number of halogens is 1. The molecule has 25 heavy (non-hydrogen) atoms. The number of nitrogens with one attached hydrogen (secondary N) is 1. The molecule has 7 heteroatoms. The predicted molar refractivity (Wildman–Crippen MR) is 93.3 cm³/mol. The highest BCUT2D eigenvalue weighted by atomic mass is 35.5. The Morgan fingerprint density at radius 1 is 1.36 bits per heavy atom. The maximum Gasteiger partial charge on any atom is 0.254 e. The van der Waals surface area contributed by atoms with E-state index in [1.807, 2.05) is 25.1 Å². The van der Waals surface area contributed by atoms with E-state index >= 15 is 0 Å². The molecule has 136 valence electrons. The van der Waals surface area contributed by atoms with Gasteiger partial charge >= 0.3 is 0 Å². The van der Waals surface area contributed by atoms with E-state index in [4.69, 9.17) is 21.1 Å². The third-order valence-corrected chi connectivity index (χ3v) is 5.00. The summed E-state index contributed by atoms with van der Waals surface area (Å²) in [7, 11) is 0. The largest absolute Gasteiger partial charge is 0.378 e. The molecule has 2 heterocycles. The topological polar surface area (TPSA) is 67.9 Å². The second-order valence-corrected chi connectivity index (χ2v) is 6.69. The van der Waals surface area contributed by atoms with Gasteiger partial charge in [0.1, 0.15) is 6.61 Å². The Morgan fingerprint density at radius 3 is 2.76 bits per heavy atom. The highest BCUT2D eigenvalue weighted by molar-refractivity contribution is 6.31. The van der Waals surface area contributed by atoms with Gasteiger partial charge in [-0.1, -0.05) is 29.8 Å². The average molecular weight is 367 g/mol. The predicted octanol–water partition coefficient (Wildman–Crippen LogP) is 1.92. The van der Waals surface area contributed by atoms with Crippen molar-refractivity contribution < 1.29 is 19.1 Å². The molecule has 2 fully saturated rings. The van der Waals surface area contributed by atoms with Crippen molar-refractivity contribution in [2.45, 2.75) is 38.0 Å². The fourth-order valence-corrected chi connectivity index (χ4v) is 3.65. The summed E-state index contributed by atoms with van der Waals surface area (Å²) in [4.78, 5) is 26.6. The number of benzene rings is 1. The van der Waals surface area contributed by atoms with Gasteiger partial charge in [-0.25, -0.2) is 0 Å². The van der Waals surface area contributed by atoms with Crippen molar-refractivity contribution in [3.05, 3.63) is 34.9 Å². The van der Waals surface area contributed by atoms with Gasteiger partial charge in [-0.3, -0.25) is 9.59 Å². The molecule has 0 aliphatic carbocycles. The van der Waals surface area contributed by atoms with Crippen molar-refractivity contribution >= 4 is 23.4 Å². The van der Waals surface area contributed by atoms with E-state index in [9.17, 15) is 9.59 Å². The standard InChI is InChI=1S/C18H23ClN2O4/c1-2-24-12-7-9-21(10-8-12)18(23)17-16(20-15(22)11-25-17)13-5-3-4-6-14(13)19/h3-6,12,16-17H,2,7-11H2,1H3,(H,20,22)/t16-,17+/m1/s1. The van der Waals surface area contributed by atoms with Gasteiger partial charge < -0.3 is 19.7 Å². The van der Waals surface area contributed by atoms with Crippen LogP contribution in [0.2, 0.25) is 5.02 Å². The number of likely N-dealkylation sites (tertiary alicyclic amines) is 1. The number of amides is 2. The molecule has 1 aromatic rings. The third kappa shape index (κ3) is 4.14. The molecule has 0 bridgehead atoms. The molecule has 2 saturated heterocycles. The molecule has 2 amide bonds. The molecule has 2 atom stereocenters. The van der Waals surface area contributed by atoms with Crippen LogP contribution in [0.25, 0.3) is 0 Å². The van der Waals surface area contributed by atoms with Crippen LogP contribution in [0.15, 0.2) is 24.3 Å². The lowest BCUT2D eigenvalue weighted by atomic mass is 9.97. The molecule has 0 unspecified atom stereocenters. The van der Waals surface area contributed by atoms with Crippen LogP contribution in [0.1, 0.15) is 31.4 Å². The Balaban J connectivity index is 1.73. The molecule has 1 aromatic carbocycles. The van der Waals surface area contributed by atoms with E-state index < -0.39 is 12.1 Å². The van der Waals surface area contributed by atoms with Gasteiger partial charge in [0.15, 0.2) is 6.10 Å². The number of piperidine rings is 1. The fraction of sp³-hybridized carbons (Fsp3) is 0.556. The molecule has 6 nitrogen and oxygen atoms in total. The normalized spacial score (nSPS) is 24.9. The van der Waals surface area contributed by atoms with Gasteiger partial charge in [-0.05, 0) is 31.4 Å². The van der Waals surface area contributed by atoms with Gasteiger partial charge in [0.25, 0.3) is 5.91 Å². The van der Waals surface area contributed by atoms with Crippen LogP contribution in [0, 0.1) is 0 Å². The van der Waals surface area contributed by atoms with Gasteiger partial charge in [-0.15, -0.1) is 0 Å². The summed E-state index contributed by atoms with van der Waals surface area (Å²) in [6.07, 6.45) is 1.08. The average Bonchev–Trinajstić information content (AvgIpc) is 2.62. The van der Waals surface area contributed by atoms with Gasteiger partial charge in [0, 0.05) is 24.7 Å². The lowest BCUT2D eigenvalue weighted by Gasteiger charge is -2.38. The molecule has 0 radical (unpaired) electrons. The Kier molecular flexibility index (Phi) is 5.93. The quantitative estimate of drug-likeness (QED) is 0.884. The minimum Gasteiger partial charge on any atom is -0.378 e. The van der Waals surface area contributed by atoms with Crippen LogP contribution in [0.5, 0.6) is 0 Å². The number of rotatable bonds is 4. The van der Waals surface area contributed by atoms with E-state index in [-0.39, 0.29) is 24.5 Å². The Morgan fingerprint density at radius 2 is 2.08 bits per heavy atom. The maximum absolute atomic E-state index is 13.0. The van der Waals surface area contributed by atoms with Crippen LogP contribution in [-0.2, 0) is 19.1 Å². The van der Waals surface area contributed by atoms with Crippen LogP contribution in [0.4, 0.5) is 0 Å². The second-order valence-electron chi connectivity index (χ2n) is 6.28. The van der Waals surface area contributed by atoms with E-state index in [1.54, 1.807) is 11.0 Å². The molecular formula is C18H23ClN2O4. The summed E-state index contributed by atoms with van der Waals surface area (Å²) in [6.45, 7) is 3.81. The molecule has 0 spiro atoms. The van der Waals surface area contributed by atoms with Crippen molar-refractivity contribution in [3.63, 3.8) is 0 Å². The number of ether oxygens (including phenoxy) is 2. The smallest absolute Gasteiger partial charge is 0.254 e. The third-order valence-electron chi connectivity index (χ3n) is 4.65. The summed E-state index contributed by atoms with van der Waals surface area (Å²) >= 11 is 6.27. The number of hydrogen-bond acceptors (Lipinski definition) is 4. The lowest BCUT2D eigenvalue weighted by molar-refractivity contribution is -0.157. The highest BCUT2D eigenvalue weighted by Crippen LogP contribution is 2.30. The molecule has 2 aliphatic rings. The summed E-state index contributed by atoms with van der Waals surface area (Å²) in [5.74, 6) is -0.358. The Labute approximate surface area is 152 Å². The SMILES string of the molecule is CCOC1CCN(C(=O)[C@H]2OCC(=O)N[C@@H]2c2ccccc2Cl)CC1. The summed E-state index contributed by atoms with van der Waals surface area (Å²) in [6, 6.07) is 6.62. The van der Waals surface area contributed by atoms with Gasteiger partial charge in [-0.2, -0.15) is 0 Å². The second kappa shape index (κ2) is 8.17. The van der Waals surface area contributed by atoms with Crippen LogP contribution < -0.4 is 5.32 Å². The summed E-state index contributed by atoms with van der Waals surface area (Å²) < 4.78 is 11.2. The van der Waals surface area contributed by atoms with Crippen molar-refractivity contribution in [2.75, 3.05) is 26.3 Å². The molecule has 1 N–H and O–H groups in total. The van der Waals surface area contributed by atoms with Crippen molar-refractivity contribution in [1.82, 2.24) is 10.2 Å². The number of nitrogens with zero attached hydrogens (tertiary/aromatic N) is 1. The zero-order valence-corrected chi connectivity index (χ0v) is 15.0. The van der Waals surface area contributed by atoms with Crippen LogP contribution >= 0.6 is 11.6 Å². The number of morpholine rings is 1. The first-order valence-corrected chi connectivity index (χ1v) is 9.03. The van der Waals surface area contributed by atoms with Crippen LogP contribution in [0.3, 0.4) is 0 Å². The van der Waals surface area contributed by atoms with Gasteiger partial charge in [0.2, 0.25) is 5.91 Å². The van der Waals surface area contributed by atoms with E-state index in [0.29, 0.717) is 30.3 Å². The Bertz CT molecular complexity index is 631. The highest BCUT2D eigenvalue weighted by Gasteiger charge is 2.40. The fourth-order valence-electron chi connectivity index (χ4n) is 3.39. The first kappa shape index (κ1) is 18.2. The van der Waals surface area contributed by atoms with Crippen molar-refractivity contribution in [1.29, 1.82) is 0 Å². The Hall–Kier alpha value is -1.63. The monoisotopic (exact) mass is 366 g/mol. The van der Waals surface area contributed by atoms with E-state index in [1.165, 1.54) is 0 Å². The molecular weight excluding hydrogens is 344 g/mol. The zero-order valence-electron chi connectivity index (χ0n) is 14.2. The number of carbonyl (C=O) groups excluding carboxylic acids is 2. The maximum atomic E-state index is 13.0. The summed E-state index contributed by atoms with van der Waals surface area (Å²) in [5.41, 5.74) is 0.694. The van der Waals surface area contributed by atoms with Crippen molar-refractivity contribution in [3.8, 4) is 0 Å². The molecule has 2 aliphatic heterocycles. The van der Waals surface area contributed by atoms with E-state index in [0.717, 1.165) is 12.8 Å². The van der Waals surface area contributed by atoms with Crippen LogP contribution in [-0.4, -0.2) is 55.2 Å². The molecule has 3 rings (SSSR count). The van der Waals surface area contributed by atoms with Gasteiger partial charge in [0.05, 0.1) is 12.1 Å². The minimum absolute atomic E-state index is 0.111. The first-order valence-electron chi connectivity index (χ1n) is 8.66. The van der Waals surface area contributed by atoms with E-state index in [2.05, 4.69) is 5.32 Å². The number of hydrogen-bond donors (Lipinski definition) is 1. The first-order chi connectivity index (χ1) is 12.1. The molecule has 0 saturated carbocycles. The number of carbonyl (C=O) groups is 2. The minimum atomic E-state index is -0.763.